The van der Waals surface area contributed by atoms with Crippen molar-refractivity contribution >= 4 is 11.9 Å². The molecule has 3 aromatic heterocycles. The lowest BCUT2D eigenvalue weighted by Gasteiger charge is -2.12. The number of nitrogens with one attached hydrogen (secondary N) is 3. The summed E-state index contributed by atoms with van der Waals surface area (Å²) in [6, 6.07) is 4.25. The molecule has 0 fully saturated rings. The van der Waals surface area contributed by atoms with Crippen LogP contribution < -0.4 is 33.7 Å². The van der Waals surface area contributed by atoms with Crippen LogP contribution in [0.5, 0.6) is 0 Å². The van der Waals surface area contributed by atoms with E-state index in [1.807, 2.05) is 4.98 Å². The Morgan fingerprint density at radius 3 is 1.34 bits per heavy atom. The van der Waals surface area contributed by atoms with Gasteiger partial charge >= 0.3 is 29.0 Å². The average Bonchev–Trinajstić information content (AvgIpc) is 2.83. The van der Waals surface area contributed by atoms with Crippen LogP contribution in [0.1, 0.15) is 26.7 Å². The molecule has 0 aliphatic heterocycles. The van der Waals surface area contributed by atoms with Crippen molar-refractivity contribution in [3.8, 4) is 23.1 Å². The van der Waals surface area contributed by atoms with E-state index in [0.29, 0.717) is 14.0 Å². The zero-order valence-electron chi connectivity index (χ0n) is 18.0. The molecule has 38 heavy (non-hydrogen) atoms. The second kappa shape index (κ2) is 8.92. The van der Waals surface area contributed by atoms with Crippen LogP contribution in [-0.4, -0.2) is 66.4 Å². The van der Waals surface area contributed by atoms with E-state index in [0.717, 1.165) is 18.2 Å². The smallest absolute Gasteiger partial charge is 0.362 e. The molecule has 5 N–H and O–H groups in total. The highest BCUT2D eigenvalue weighted by Crippen LogP contribution is 2.17. The number of carbonyl (C=O) groups is 2. The summed E-state index contributed by atoms with van der Waals surface area (Å²) < 4.78 is 1.12. The molecule has 0 aliphatic rings. The van der Waals surface area contributed by atoms with E-state index in [2.05, 4.69) is 15.3 Å². The van der Waals surface area contributed by atoms with Gasteiger partial charge in [-0.1, -0.05) is 0 Å². The van der Waals surface area contributed by atoms with E-state index < -0.39 is 79.8 Å². The largest absolute Gasteiger partial charge is 0.476 e. The zero-order valence-corrected chi connectivity index (χ0v) is 18.0. The first-order valence-corrected chi connectivity index (χ1v) is 9.65. The Morgan fingerprint density at radius 1 is 0.658 bits per heavy atom. The topological polar surface area (TPSA) is 302 Å². The Balaban J connectivity index is 2.14. The number of benzene rings is 1. The number of aromatic amines is 3. The molecule has 20 heteroatoms. The number of rotatable bonds is 5. The van der Waals surface area contributed by atoms with Crippen LogP contribution >= 0.6 is 0 Å². The number of aromatic nitrogens is 9. The summed E-state index contributed by atoms with van der Waals surface area (Å²) in [5.41, 5.74) is -11.9. The van der Waals surface area contributed by atoms with E-state index in [1.165, 1.54) is 6.07 Å². The molecule has 4 aromatic rings. The first-order valence-electron chi connectivity index (χ1n) is 9.65. The van der Waals surface area contributed by atoms with Gasteiger partial charge < -0.3 is 10.2 Å². The van der Waals surface area contributed by atoms with Crippen molar-refractivity contribution in [3.63, 3.8) is 0 Å². The third kappa shape index (κ3) is 4.20. The van der Waals surface area contributed by atoms with E-state index >= 15 is 0 Å². The Bertz CT molecular complexity index is 1980. The van der Waals surface area contributed by atoms with Crippen molar-refractivity contribution < 1.29 is 19.8 Å². The van der Waals surface area contributed by atoms with Crippen LogP contribution in [0.2, 0.25) is 0 Å². The number of nitrogens with zero attached hydrogens (tertiary/aromatic N) is 7. The minimum absolute atomic E-state index is 0.342. The molecule has 1 aromatic carbocycles. The van der Waals surface area contributed by atoms with Gasteiger partial charge in [0.1, 0.15) is 6.07 Å². The molecule has 0 atom stereocenters. The molecule has 0 spiro atoms. The van der Waals surface area contributed by atoms with Gasteiger partial charge in [0.2, 0.25) is 17.1 Å². The average molecular weight is 524 g/mol. The summed E-state index contributed by atoms with van der Waals surface area (Å²) in [7, 11) is 0. The second-order valence-corrected chi connectivity index (χ2v) is 6.99. The Morgan fingerprint density at radius 2 is 1.00 bits per heavy atom. The van der Waals surface area contributed by atoms with Gasteiger partial charge in [-0.05, 0) is 18.2 Å². The number of aromatic carboxylic acids is 2. The first-order chi connectivity index (χ1) is 17.9. The summed E-state index contributed by atoms with van der Waals surface area (Å²) in [4.78, 5) is 101. The molecule has 0 amide bonds. The van der Waals surface area contributed by atoms with Crippen molar-refractivity contribution in [2.24, 2.45) is 0 Å². The van der Waals surface area contributed by atoms with Crippen LogP contribution in [0.15, 0.2) is 47.0 Å². The fourth-order valence-electron chi connectivity index (χ4n) is 3.02. The monoisotopic (exact) mass is 524 g/mol. The van der Waals surface area contributed by atoms with E-state index in [1.54, 1.807) is 9.97 Å². The minimum atomic E-state index is -1.82. The van der Waals surface area contributed by atoms with Gasteiger partial charge in [-0.15, -0.1) is 5.10 Å². The first kappa shape index (κ1) is 24.6. The maximum Gasteiger partial charge on any atom is 0.362 e. The number of hydrogen-bond donors (Lipinski definition) is 5. The van der Waals surface area contributed by atoms with Crippen molar-refractivity contribution in [2.75, 3.05) is 0 Å². The Labute approximate surface area is 202 Å². The predicted octanol–water partition coefficient (Wildman–Crippen LogP) is -4.34. The minimum Gasteiger partial charge on any atom is -0.476 e. The predicted molar refractivity (Wildman–Crippen MR) is 117 cm³/mol. The highest BCUT2D eigenvalue weighted by Gasteiger charge is 2.20. The van der Waals surface area contributed by atoms with Crippen LogP contribution in [-0.2, 0) is 0 Å². The molecule has 0 unspecified atom stereocenters. The molecule has 0 aliphatic carbocycles. The zero-order chi connectivity index (χ0) is 27.9. The highest BCUT2D eigenvalue weighted by molar-refractivity contribution is 5.85. The molecule has 3 heterocycles. The second-order valence-electron chi connectivity index (χ2n) is 6.99. The molecule has 0 saturated carbocycles. The van der Waals surface area contributed by atoms with Gasteiger partial charge in [0.25, 0.3) is 16.7 Å². The Hall–Kier alpha value is -6.52. The van der Waals surface area contributed by atoms with E-state index in [9.17, 15) is 48.6 Å². The third-order valence-corrected chi connectivity index (χ3v) is 4.62. The number of carboxylic acids is 2. The summed E-state index contributed by atoms with van der Waals surface area (Å²) >= 11 is 0. The van der Waals surface area contributed by atoms with Crippen molar-refractivity contribution in [1.29, 1.82) is 5.26 Å². The fraction of sp³-hybridized carbons (Fsp3) is 0. The lowest BCUT2D eigenvalue weighted by molar-refractivity contribution is 0.0675. The summed E-state index contributed by atoms with van der Waals surface area (Å²) in [6.45, 7) is 0. The van der Waals surface area contributed by atoms with Crippen molar-refractivity contribution in [1.82, 2.24) is 44.3 Å². The molecule has 190 valence electrons. The molecule has 0 bridgehead atoms. The fourth-order valence-corrected chi connectivity index (χ4v) is 3.02. The molecule has 20 nitrogen and oxygen atoms in total. The lowest BCUT2D eigenvalue weighted by Crippen LogP contribution is -2.37. The highest BCUT2D eigenvalue weighted by atomic mass is 16.4. The maximum absolute atomic E-state index is 12.4. The van der Waals surface area contributed by atoms with Gasteiger partial charge in [0.05, 0.1) is 17.1 Å². The number of carboxylic acid groups (broad SMARTS) is 2. The molecule has 4 rings (SSSR count). The molecule has 0 radical (unpaired) electrons. The summed E-state index contributed by atoms with van der Waals surface area (Å²) in [5, 5.41) is 38.0. The number of nitriles is 1. The maximum atomic E-state index is 12.4. The third-order valence-electron chi connectivity index (χ3n) is 4.62. The van der Waals surface area contributed by atoms with Crippen molar-refractivity contribution in [2.45, 2.75) is 0 Å². The van der Waals surface area contributed by atoms with Crippen LogP contribution in [0, 0.1) is 11.3 Å². The van der Waals surface area contributed by atoms with Gasteiger partial charge in [-0.3, -0.25) is 29.3 Å². The van der Waals surface area contributed by atoms with E-state index in [-0.39, 0.29) is 0 Å². The molecular weight excluding hydrogens is 516 g/mol. The standard InChI is InChI=1S/C18H8N10O10/c19-4-8-11(29)20-16(36)26(23-8)5-1-6(27-17(37)21-12(30)9(24-27)14(32)33)3-7(2-5)28-18(38)22-13(31)10(25-28)15(34)35/h1-3H,(H,32,33)(H,34,35)(H,20,29,36)(H,21,30,37)(H,22,31,38). The van der Waals surface area contributed by atoms with Crippen LogP contribution in [0.3, 0.4) is 0 Å². The quantitative estimate of drug-likeness (QED) is 0.165. The number of hydrogen-bond acceptors (Lipinski definition) is 12. The Kier molecular flexibility index (Phi) is 5.78. The van der Waals surface area contributed by atoms with Gasteiger partial charge in [0.15, 0.2) is 0 Å². The summed E-state index contributed by atoms with van der Waals surface area (Å²) in [5.74, 6) is -3.64. The molecular formula is C18H8N10O10. The molecule has 0 saturated heterocycles. The van der Waals surface area contributed by atoms with Crippen molar-refractivity contribution in [3.05, 3.63) is 97.8 Å². The van der Waals surface area contributed by atoms with Gasteiger partial charge in [-0.25, -0.2) is 24.0 Å². The summed E-state index contributed by atoms with van der Waals surface area (Å²) in [6.07, 6.45) is 0. The SMILES string of the molecule is N#Cc1nn(-c2cc(-n3nc(C(=O)O)c(=O)[nH]c3=O)cc(-n3nc(C(=O)O)c(=O)[nH]c3=O)c2)c(=O)[nH]c1=O. The van der Waals surface area contributed by atoms with Gasteiger partial charge in [0, 0.05) is 0 Å². The lowest BCUT2D eigenvalue weighted by atomic mass is 10.2. The number of H-pyrrole nitrogens is 3. The van der Waals surface area contributed by atoms with Gasteiger partial charge in [-0.2, -0.15) is 29.5 Å². The van der Waals surface area contributed by atoms with Crippen LogP contribution in [0.25, 0.3) is 17.1 Å². The normalized spacial score (nSPS) is 10.6. The van der Waals surface area contributed by atoms with Crippen LogP contribution in [0.4, 0.5) is 0 Å². The van der Waals surface area contributed by atoms with E-state index in [4.69, 9.17) is 5.26 Å².